The topological polar surface area (TPSA) is 55.9 Å². The third-order valence-corrected chi connectivity index (χ3v) is 5.18. The third-order valence-electron chi connectivity index (χ3n) is 5.18. The van der Waals surface area contributed by atoms with E-state index in [2.05, 4.69) is 34.5 Å². The van der Waals surface area contributed by atoms with Gasteiger partial charge in [-0.25, -0.2) is 4.79 Å². The predicted molar refractivity (Wildman–Crippen MR) is 98.7 cm³/mol. The van der Waals surface area contributed by atoms with Crippen LogP contribution in [0.1, 0.15) is 18.4 Å². The van der Waals surface area contributed by atoms with Gasteiger partial charge in [-0.15, -0.1) is 0 Å². The number of carbonyl (C=O) groups excluding carboxylic acids is 2. The second kappa shape index (κ2) is 7.76. The number of benzene rings is 1. The van der Waals surface area contributed by atoms with Gasteiger partial charge in [0.25, 0.3) is 0 Å². The number of piperidine rings is 1. The monoisotopic (exact) mass is 344 g/mol. The Morgan fingerprint density at radius 3 is 2.60 bits per heavy atom. The minimum atomic E-state index is 0.0251. The summed E-state index contributed by atoms with van der Waals surface area (Å²) in [6.45, 7) is 3.87. The van der Waals surface area contributed by atoms with E-state index in [0.717, 1.165) is 32.4 Å². The lowest BCUT2D eigenvalue weighted by Crippen LogP contribution is -2.47. The molecule has 0 radical (unpaired) electrons. The summed E-state index contributed by atoms with van der Waals surface area (Å²) in [5.74, 6) is 0.154. The highest BCUT2D eigenvalue weighted by atomic mass is 16.2. The van der Waals surface area contributed by atoms with Crippen molar-refractivity contribution in [1.29, 1.82) is 0 Å². The predicted octanol–water partition coefficient (Wildman–Crippen LogP) is 1.56. The van der Waals surface area contributed by atoms with Crippen LogP contribution in [0, 0.1) is 5.92 Å². The number of para-hydroxylation sites is 1. The molecule has 1 aromatic rings. The van der Waals surface area contributed by atoms with Crippen LogP contribution in [0.4, 0.5) is 10.5 Å². The molecule has 6 nitrogen and oxygen atoms in total. The molecule has 0 bridgehead atoms. The summed E-state index contributed by atoms with van der Waals surface area (Å²) < 4.78 is 0. The molecule has 6 heteroatoms. The van der Waals surface area contributed by atoms with Gasteiger partial charge in [-0.3, -0.25) is 4.79 Å². The van der Waals surface area contributed by atoms with E-state index in [9.17, 15) is 9.59 Å². The quantitative estimate of drug-likeness (QED) is 0.902. The lowest BCUT2D eigenvalue weighted by atomic mass is 9.96. The van der Waals surface area contributed by atoms with Crippen LogP contribution in [-0.2, 0) is 11.2 Å². The second-order valence-electron chi connectivity index (χ2n) is 7.10. The fraction of sp³-hybridized carbons (Fsp3) is 0.579. The second-order valence-corrected chi connectivity index (χ2v) is 7.10. The van der Waals surface area contributed by atoms with Crippen LogP contribution in [0.3, 0.4) is 0 Å². The normalized spacial score (nSPS) is 17.4. The molecule has 0 atom stereocenters. The van der Waals surface area contributed by atoms with Crippen molar-refractivity contribution in [3.8, 4) is 0 Å². The van der Waals surface area contributed by atoms with Crippen molar-refractivity contribution in [3.05, 3.63) is 29.8 Å². The summed E-state index contributed by atoms with van der Waals surface area (Å²) in [5, 5.41) is 3.08. The first-order valence-corrected chi connectivity index (χ1v) is 9.13. The van der Waals surface area contributed by atoms with Crippen LogP contribution in [0.2, 0.25) is 0 Å². The number of anilines is 1. The van der Waals surface area contributed by atoms with Gasteiger partial charge in [-0.1, -0.05) is 18.2 Å². The van der Waals surface area contributed by atoms with Gasteiger partial charge in [-0.2, -0.15) is 0 Å². The summed E-state index contributed by atoms with van der Waals surface area (Å²) in [6, 6.07) is 8.51. The molecule has 2 aliphatic heterocycles. The van der Waals surface area contributed by atoms with Gasteiger partial charge >= 0.3 is 6.03 Å². The number of carbonyl (C=O) groups is 2. The van der Waals surface area contributed by atoms with E-state index in [1.807, 2.05) is 4.90 Å². The number of rotatable bonds is 4. The Kier molecular flexibility index (Phi) is 5.46. The van der Waals surface area contributed by atoms with E-state index in [1.165, 1.54) is 11.3 Å². The summed E-state index contributed by atoms with van der Waals surface area (Å²) in [7, 11) is 3.52. The Bertz CT molecular complexity index is 624. The van der Waals surface area contributed by atoms with E-state index < -0.39 is 0 Å². The molecule has 0 spiro atoms. The molecule has 2 heterocycles. The van der Waals surface area contributed by atoms with Crippen molar-refractivity contribution in [2.24, 2.45) is 5.92 Å². The highest BCUT2D eigenvalue weighted by Gasteiger charge is 2.28. The van der Waals surface area contributed by atoms with Crippen molar-refractivity contribution in [2.45, 2.75) is 19.3 Å². The van der Waals surface area contributed by atoms with Crippen molar-refractivity contribution in [3.63, 3.8) is 0 Å². The molecular formula is C19H28N4O2. The van der Waals surface area contributed by atoms with E-state index in [1.54, 1.807) is 19.0 Å². The van der Waals surface area contributed by atoms with Gasteiger partial charge in [0.1, 0.15) is 0 Å². The molecule has 3 rings (SSSR count). The maximum absolute atomic E-state index is 12.4. The maximum atomic E-state index is 12.4. The Morgan fingerprint density at radius 2 is 1.88 bits per heavy atom. The molecule has 0 aromatic heterocycles. The highest BCUT2D eigenvalue weighted by Crippen LogP contribution is 2.26. The molecule has 136 valence electrons. The van der Waals surface area contributed by atoms with Gasteiger partial charge in [0.2, 0.25) is 5.91 Å². The van der Waals surface area contributed by atoms with Crippen molar-refractivity contribution < 1.29 is 9.59 Å². The Labute approximate surface area is 149 Å². The lowest BCUT2D eigenvalue weighted by Gasteiger charge is -2.33. The molecule has 1 N–H and O–H groups in total. The Hall–Kier alpha value is -2.24. The van der Waals surface area contributed by atoms with E-state index >= 15 is 0 Å². The number of likely N-dealkylation sites (tertiary alicyclic amines) is 1. The molecule has 1 saturated heterocycles. The average molecular weight is 344 g/mol. The largest absolute Gasteiger partial charge is 0.369 e. The van der Waals surface area contributed by atoms with Gasteiger partial charge < -0.3 is 20.0 Å². The molecule has 1 aromatic carbocycles. The number of fused-ring (bicyclic) bond motifs is 1. The number of urea groups is 1. The average Bonchev–Trinajstić information content (AvgIpc) is 3.04. The van der Waals surface area contributed by atoms with E-state index in [4.69, 9.17) is 0 Å². The molecule has 0 aliphatic carbocycles. The molecule has 2 aliphatic rings. The molecule has 1 fully saturated rings. The van der Waals surface area contributed by atoms with Crippen molar-refractivity contribution in [1.82, 2.24) is 15.1 Å². The minimum Gasteiger partial charge on any atom is -0.369 e. The number of hydrogen-bond donors (Lipinski definition) is 1. The molecule has 3 amide bonds. The molecule has 25 heavy (non-hydrogen) atoms. The smallest absolute Gasteiger partial charge is 0.319 e. The first-order chi connectivity index (χ1) is 12.1. The van der Waals surface area contributed by atoms with Crippen molar-refractivity contribution >= 4 is 17.6 Å². The molecule has 0 saturated carbocycles. The standard InChI is InChI=1S/C19H28N4O2/c1-21(2)19(25)23-12-8-16(9-13-23)18(24)20-10-14-22-11-7-15-5-3-4-6-17(15)22/h3-6,16H,7-14H2,1-2H3,(H,20,24). The van der Waals surface area contributed by atoms with E-state index in [0.29, 0.717) is 19.6 Å². The number of nitrogens with one attached hydrogen (secondary N) is 1. The van der Waals surface area contributed by atoms with Crippen LogP contribution in [0.5, 0.6) is 0 Å². The zero-order valence-corrected chi connectivity index (χ0v) is 15.2. The van der Waals surface area contributed by atoms with Crippen LogP contribution < -0.4 is 10.2 Å². The van der Waals surface area contributed by atoms with Crippen LogP contribution in [-0.4, -0.2) is 68.6 Å². The summed E-state index contributed by atoms with van der Waals surface area (Å²) in [6.07, 6.45) is 2.58. The maximum Gasteiger partial charge on any atom is 0.319 e. The van der Waals surface area contributed by atoms with Gasteiger partial charge in [0.05, 0.1) is 0 Å². The van der Waals surface area contributed by atoms with Crippen LogP contribution in [0.15, 0.2) is 24.3 Å². The first kappa shape index (κ1) is 17.6. The fourth-order valence-corrected chi connectivity index (χ4v) is 3.71. The zero-order valence-electron chi connectivity index (χ0n) is 15.2. The highest BCUT2D eigenvalue weighted by molar-refractivity contribution is 5.79. The summed E-state index contributed by atoms with van der Waals surface area (Å²) in [4.78, 5) is 30.1. The summed E-state index contributed by atoms with van der Waals surface area (Å²) in [5.41, 5.74) is 2.69. The van der Waals surface area contributed by atoms with Gasteiger partial charge in [-0.05, 0) is 30.9 Å². The third kappa shape index (κ3) is 4.06. The number of hydrogen-bond acceptors (Lipinski definition) is 3. The Morgan fingerprint density at radius 1 is 1.16 bits per heavy atom. The number of amides is 3. The SMILES string of the molecule is CN(C)C(=O)N1CCC(C(=O)NCCN2CCc3ccccc32)CC1. The zero-order chi connectivity index (χ0) is 17.8. The lowest BCUT2D eigenvalue weighted by molar-refractivity contribution is -0.126. The minimum absolute atomic E-state index is 0.0251. The Balaban J connectivity index is 1.40. The first-order valence-electron chi connectivity index (χ1n) is 9.13. The van der Waals surface area contributed by atoms with E-state index in [-0.39, 0.29) is 17.9 Å². The summed E-state index contributed by atoms with van der Waals surface area (Å²) >= 11 is 0. The van der Waals surface area contributed by atoms with Crippen molar-refractivity contribution in [2.75, 3.05) is 51.7 Å². The molecular weight excluding hydrogens is 316 g/mol. The molecule has 0 unspecified atom stereocenters. The van der Waals surface area contributed by atoms with Crippen LogP contribution >= 0.6 is 0 Å². The van der Waals surface area contributed by atoms with Gasteiger partial charge in [0, 0.05) is 58.4 Å². The fourth-order valence-electron chi connectivity index (χ4n) is 3.71. The van der Waals surface area contributed by atoms with Gasteiger partial charge in [0.15, 0.2) is 0 Å². The number of nitrogens with zero attached hydrogens (tertiary/aromatic N) is 3. The van der Waals surface area contributed by atoms with Crippen LogP contribution in [0.25, 0.3) is 0 Å².